The molecule has 9 heteroatoms. The molecule has 168 valence electrons. The van der Waals surface area contributed by atoms with Crippen LogP contribution in [0.5, 0.6) is 5.75 Å². The Bertz CT molecular complexity index is 1010. The van der Waals surface area contributed by atoms with Gasteiger partial charge in [-0.25, -0.2) is 13.1 Å². The van der Waals surface area contributed by atoms with Crippen molar-refractivity contribution in [2.45, 2.75) is 57.6 Å². The molecule has 0 saturated carbocycles. The van der Waals surface area contributed by atoms with Crippen LogP contribution in [0.4, 0.5) is 5.69 Å². The minimum absolute atomic E-state index is 0.0991. The molecular formula is C22H29N3O4S2. The predicted octanol–water partition coefficient (Wildman–Crippen LogP) is 4.07. The van der Waals surface area contributed by atoms with Gasteiger partial charge in [-0.3, -0.25) is 10.1 Å². The summed E-state index contributed by atoms with van der Waals surface area (Å²) in [4.78, 5) is 12.5. The molecule has 2 aromatic rings. The van der Waals surface area contributed by atoms with Gasteiger partial charge in [0, 0.05) is 16.8 Å². The highest BCUT2D eigenvalue weighted by Gasteiger charge is 2.21. The predicted molar refractivity (Wildman–Crippen MR) is 127 cm³/mol. The molecule has 2 rings (SSSR count). The van der Waals surface area contributed by atoms with Gasteiger partial charge in [-0.15, -0.1) is 0 Å². The quantitative estimate of drug-likeness (QED) is 0.536. The number of benzene rings is 2. The Kier molecular flexibility index (Phi) is 8.16. The highest BCUT2D eigenvalue weighted by atomic mass is 32.2. The third-order valence-corrected chi connectivity index (χ3v) is 6.10. The lowest BCUT2D eigenvalue weighted by Crippen LogP contribution is -2.40. The SMILES string of the molecule is CCC(C)Oc1ccc(C(=O)NC(=S)Nc2ccc(S(=O)(=O)NC(C)(C)C)cc2)cc1. The average molecular weight is 464 g/mol. The summed E-state index contributed by atoms with van der Waals surface area (Å²) in [5.41, 5.74) is 0.410. The summed E-state index contributed by atoms with van der Waals surface area (Å²) in [6.45, 7) is 9.33. The van der Waals surface area contributed by atoms with Crippen molar-refractivity contribution in [2.24, 2.45) is 0 Å². The van der Waals surface area contributed by atoms with Gasteiger partial charge in [0.05, 0.1) is 11.0 Å². The lowest BCUT2D eigenvalue weighted by molar-refractivity contribution is 0.0977. The van der Waals surface area contributed by atoms with Crippen LogP contribution in [0.15, 0.2) is 53.4 Å². The van der Waals surface area contributed by atoms with Gasteiger partial charge in [0.1, 0.15) is 5.75 Å². The Morgan fingerprint density at radius 3 is 2.16 bits per heavy atom. The molecule has 3 N–H and O–H groups in total. The number of amides is 1. The second-order valence-corrected chi connectivity index (χ2v) is 10.2. The van der Waals surface area contributed by atoms with Crippen LogP contribution in [0, 0.1) is 0 Å². The Balaban J connectivity index is 1.95. The molecule has 1 unspecified atom stereocenters. The van der Waals surface area contributed by atoms with Crippen LogP contribution in [0.1, 0.15) is 51.4 Å². The number of carbonyl (C=O) groups is 1. The molecule has 0 aliphatic rings. The lowest BCUT2D eigenvalue weighted by Gasteiger charge is -2.20. The number of anilines is 1. The van der Waals surface area contributed by atoms with E-state index in [1.54, 1.807) is 57.2 Å². The average Bonchev–Trinajstić information content (AvgIpc) is 2.67. The van der Waals surface area contributed by atoms with E-state index in [1.807, 2.05) is 13.8 Å². The molecule has 1 amide bonds. The van der Waals surface area contributed by atoms with Crippen LogP contribution in [0.3, 0.4) is 0 Å². The molecule has 0 aromatic heterocycles. The van der Waals surface area contributed by atoms with Crippen molar-refractivity contribution in [1.29, 1.82) is 0 Å². The Hall–Kier alpha value is -2.49. The molecule has 0 heterocycles. The number of hydrogen-bond acceptors (Lipinski definition) is 5. The highest BCUT2D eigenvalue weighted by Crippen LogP contribution is 2.17. The Morgan fingerprint density at radius 2 is 1.65 bits per heavy atom. The smallest absolute Gasteiger partial charge is 0.257 e. The van der Waals surface area contributed by atoms with E-state index in [0.29, 0.717) is 17.0 Å². The molecule has 1 atom stereocenters. The Morgan fingerprint density at radius 1 is 1.06 bits per heavy atom. The van der Waals surface area contributed by atoms with Crippen molar-refractivity contribution in [3.63, 3.8) is 0 Å². The number of nitrogens with one attached hydrogen (secondary N) is 3. The highest BCUT2D eigenvalue weighted by molar-refractivity contribution is 7.89. The van der Waals surface area contributed by atoms with Gasteiger partial charge in [-0.2, -0.15) is 0 Å². The summed E-state index contributed by atoms with van der Waals surface area (Å²) < 4.78 is 33.0. The normalized spacial score (nSPS) is 12.7. The van der Waals surface area contributed by atoms with E-state index >= 15 is 0 Å². The first-order chi connectivity index (χ1) is 14.4. The Labute approximate surface area is 189 Å². The van der Waals surface area contributed by atoms with Crippen LogP contribution < -0.4 is 20.1 Å². The van der Waals surface area contributed by atoms with Crippen molar-refractivity contribution >= 4 is 38.9 Å². The zero-order chi connectivity index (χ0) is 23.2. The number of ether oxygens (including phenoxy) is 1. The maximum Gasteiger partial charge on any atom is 0.257 e. The number of thiocarbonyl (C=S) groups is 1. The minimum atomic E-state index is -3.62. The third kappa shape index (κ3) is 7.93. The first-order valence-corrected chi connectivity index (χ1v) is 11.8. The summed E-state index contributed by atoms with van der Waals surface area (Å²) in [7, 11) is -3.62. The van der Waals surface area contributed by atoms with Gasteiger partial charge in [0.15, 0.2) is 5.11 Å². The fourth-order valence-electron chi connectivity index (χ4n) is 2.52. The molecule has 31 heavy (non-hydrogen) atoms. The topological polar surface area (TPSA) is 96.5 Å². The van der Waals surface area contributed by atoms with E-state index in [2.05, 4.69) is 15.4 Å². The summed E-state index contributed by atoms with van der Waals surface area (Å²) in [5, 5.41) is 5.58. The van der Waals surface area contributed by atoms with E-state index in [-0.39, 0.29) is 22.0 Å². The summed E-state index contributed by atoms with van der Waals surface area (Å²) in [5.74, 6) is 0.337. The van der Waals surface area contributed by atoms with Crippen molar-refractivity contribution < 1.29 is 17.9 Å². The molecule has 0 saturated heterocycles. The molecule has 0 aliphatic heterocycles. The second kappa shape index (κ2) is 10.2. The van der Waals surface area contributed by atoms with E-state index in [4.69, 9.17) is 17.0 Å². The number of sulfonamides is 1. The summed E-state index contributed by atoms with van der Waals surface area (Å²) in [6, 6.07) is 12.9. The molecule has 2 aromatic carbocycles. The third-order valence-electron chi connectivity index (χ3n) is 4.12. The van der Waals surface area contributed by atoms with E-state index in [0.717, 1.165) is 6.42 Å². The first-order valence-electron chi connectivity index (χ1n) is 9.93. The van der Waals surface area contributed by atoms with Crippen LogP contribution in [-0.4, -0.2) is 31.1 Å². The van der Waals surface area contributed by atoms with Crippen molar-refractivity contribution in [1.82, 2.24) is 10.0 Å². The summed E-state index contributed by atoms with van der Waals surface area (Å²) in [6.07, 6.45) is 0.990. The van der Waals surface area contributed by atoms with Gasteiger partial charge in [-0.05, 0) is 94.9 Å². The van der Waals surface area contributed by atoms with Crippen LogP contribution in [0.2, 0.25) is 0 Å². The van der Waals surface area contributed by atoms with E-state index in [9.17, 15) is 13.2 Å². The molecule has 7 nitrogen and oxygen atoms in total. The van der Waals surface area contributed by atoms with Gasteiger partial charge in [-0.1, -0.05) is 6.92 Å². The van der Waals surface area contributed by atoms with Crippen LogP contribution >= 0.6 is 12.2 Å². The molecular weight excluding hydrogens is 434 g/mol. The molecule has 0 bridgehead atoms. The minimum Gasteiger partial charge on any atom is -0.491 e. The molecule has 0 radical (unpaired) electrons. The zero-order valence-corrected chi connectivity index (χ0v) is 20.0. The monoisotopic (exact) mass is 463 g/mol. The first kappa shape index (κ1) is 24.8. The number of carbonyl (C=O) groups excluding carboxylic acids is 1. The zero-order valence-electron chi connectivity index (χ0n) is 18.4. The van der Waals surface area contributed by atoms with Gasteiger partial charge in [0.25, 0.3) is 5.91 Å². The molecule has 0 fully saturated rings. The second-order valence-electron chi connectivity index (χ2n) is 8.15. The lowest BCUT2D eigenvalue weighted by atomic mass is 10.1. The number of hydrogen-bond donors (Lipinski definition) is 3. The molecule has 0 aliphatic carbocycles. The maximum atomic E-state index is 12.4. The summed E-state index contributed by atoms with van der Waals surface area (Å²) >= 11 is 5.19. The van der Waals surface area contributed by atoms with Crippen molar-refractivity contribution in [3.8, 4) is 5.75 Å². The fraction of sp³-hybridized carbons (Fsp3) is 0.364. The largest absolute Gasteiger partial charge is 0.491 e. The standard InChI is InChI=1S/C22H29N3O4S2/c1-6-15(2)29-18-11-7-16(8-12-18)20(26)24-21(30)23-17-9-13-19(14-10-17)31(27,28)25-22(3,4)5/h7-15,25H,6H2,1-5H3,(H2,23,24,26,30). The van der Waals surface area contributed by atoms with Crippen molar-refractivity contribution in [3.05, 3.63) is 54.1 Å². The van der Waals surface area contributed by atoms with Gasteiger partial charge < -0.3 is 10.1 Å². The van der Waals surface area contributed by atoms with Crippen LogP contribution in [-0.2, 0) is 10.0 Å². The fourth-order valence-corrected chi connectivity index (χ4v) is 4.15. The van der Waals surface area contributed by atoms with Crippen molar-refractivity contribution in [2.75, 3.05) is 5.32 Å². The maximum absolute atomic E-state index is 12.4. The van der Waals surface area contributed by atoms with E-state index in [1.165, 1.54) is 12.1 Å². The van der Waals surface area contributed by atoms with Gasteiger partial charge >= 0.3 is 0 Å². The number of rotatable bonds is 7. The van der Waals surface area contributed by atoms with E-state index < -0.39 is 15.6 Å². The van der Waals surface area contributed by atoms with Crippen LogP contribution in [0.25, 0.3) is 0 Å². The van der Waals surface area contributed by atoms with Gasteiger partial charge in [0.2, 0.25) is 10.0 Å². The molecule has 0 spiro atoms.